The van der Waals surface area contributed by atoms with Gasteiger partial charge < -0.3 is 18.9 Å². The summed E-state index contributed by atoms with van der Waals surface area (Å²) in [6.45, 7) is 5.73. The first-order valence-corrected chi connectivity index (χ1v) is 18.7. The SMILES string of the molecule is CCOC(=O)[C@@H]1CN(CCCc2nc3ccccc3n(C3C[C@H]4CCC[C@@H](C3)N4C34CC5CC(CC3C5)C4)c2=O)C[C@H]1C(=O)OCC. The third-order valence-corrected chi connectivity index (χ3v) is 13.1. The van der Waals surface area contributed by atoms with Crippen molar-refractivity contribution in [3.63, 3.8) is 0 Å². The summed E-state index contributed by atoms with van der Waals surface area (Å²) < 4.78 is 12.7. The van der Waals surface area contributed by atoms with Crippen LogP contribution in [0.5, 0.6) is 0 Å². The highest BCUT2D eigenvalue weighted by molar-refractivity contribution is 5.83. The average molecular weight is 645 g/mol. The van der Waals surface area contributed by atoms with Gasteiger partial charge in [-0.3, -0.25) is 19.3 Å². The molecule has 2 aromatic rings. The van der Waals surface area contributed by atoms with Gasteiger partial charge in [0.25, 0.3) is 5.56 Å². The van der Waals surface area contributed by atoms with E-state index in [2.05, 4.69) is 20.4 Å². The molecule has 0 N–H and O–H groups in total. The van der Waals surface area contributed by atoms with Crippen molar-refractivity contribution >= 4 is 23.0 Å². The van der Waals surface area contributed by atoms with Crippen molar-refractivity contribution in [3.8, 4) is 0 Å². The van der Waals surface area contributed by atoms with Crippen LogP contribution in [0.4, 0.5) is 0 Å². The minimum atomic E-state index is -0.524. The molecule has 0 spiro atoms. The minimum Gasteiger partial charge on any atom is -0.466 e. The summed E-state index contributed by atoms with van der Waals surface area (Å²) in [6.07, 6.45) is 14.5. The van der Waals surface area contributed by atoms with Gasteiger partial charge in [-0.1, -0.05) is 18.6 Å². The fourth-order valence-corrected chi connectivity index (χ4v) is 11.7. The number of fused-ring (bicyclic) bond motifs is 3. The number of rotatable bonds is 10. The summed E-state index contributed by atoms with van der Waals surface area (Å²) in [5.41, 5.74) is 3.00. The smallest absolute Gasteiger partial charge is 0.311 e. The Morgan fingerprint density at radius 2 is 1.51 bits per heavy atom. The molecular weight excluding hydrogens is 592 g/mol. The van der Waals surface area contributed by atoms with Crippen molar-refractivity contribution in [2.75, 3.05) is 32.8 Å². The molecule has 1 aromatic heterocycles. The molecule has 7 fully saturated rings. The number of hydrogen-bond donors (Lipinski definition) is 0. The van der Waals surface area contributed by atoms with Crippen molar-refractivity contribution in [3.05, 3.63) is 40.3 Å². The summed E-state index contributed by atoms with van der Waals surface area (Å²) in [6, 6.07) is 9.53. The molecule has 1 aromatic carbocycles. The van der Waals surface area contributed by atoms with Gasteiger partial charge in [0.05, 0.1) is 36.1 Å². The Kier molecular flexibility index (Phi) is 8.44. The van der Waals surface area contributed by atoms with Crippen molar-refractivity contribution in [1.29, 1.82) is 0 Å². The summed E-state index contributed by atoms with van der Waals surface area (Å²) in [7, 11) is 0. The van der Waals surface area contributed by atoms with E-state index in [1.54, 1.807) is 13.8 Å². The van der Waals surface area contributed by atoms with E-state index in [1.165, 1.54) is 51.4 Å². The van der Waals surface area contributed by atoms with Crippen LogP contribution in [0.3, 0.4) is 0 Å². The molecule has 3 unspecified atom stereocenters. The highest BCUT2D eigenvalue weighted by atomic mass is 16.5. The lowest BCUT2D eigenvalue weighted by Gasteiger charge is -2.58. The first-order chi connectivity index (χ1) is 22.9. The second-order valence-electron chi connectivity index (χ2n) is 15.7. The molecular formula is C38H52N4O5. The van der Waals surface area contributed by atoms with E-state index in [-0.39, 0.29) is 36.8 Å². The van der Waals surface area contributed by atoms with Crippen molar-refractivity contribution in [2.45, 2.75) is 115 Å². The van der Waals surface area contributed by atoms with Crippen LogP contribution < -0.4 is 5.56 Å². The van der Waals surface area contributed by atoms with Gasteiger partial charge in [0.2, 0.25) is 0 Å². The summed E-state index contributed by atoms with van der Waals surface area (Å²) >= 11 is 0. The molecule has 0 amide bonds. The van der Waals surface area contributed by atoms with Crippen LogP contribution in [0.25, 0.3) is 11.0 Å². The second-order valence-corrected chi connectivity index (χ2v) is 15.7. The van der Waals surface area contributed by atoms with Gasteiger partial charge in [0, 0.05) is 36.8 Å². The van der Waals surface area contributed by atoms with Crippen molar-refractivity contribution in [1.82, 2.24) is 19.4 Å². The van der Waals surface area contributed by atoms with Crippen LogP contribution in [-0.4, -0.2) is 81.8 Å². The van der Waals surface area contributed by atoms with E-state index in [4.69, 9.17) is 14.5 Å². The van der Waals surface area contributed by atoms with Gasteiger partial charge >= 0.3 is 11.9 Å². The average Bonchev–Trinajstić information content (AvgIpc) is 3.67. The summed E-state index contributed by atoms with van der Waals surface area (Å²) in [4.78, 5) is 49.9. The Bertz CT molecular complexity index is 1520. The van der Waals surface area contributed by atoms with E-state index in [0.717, 1.165) is 48.0 Å². The molecule has 4 saturated carbocycles. The molecule has 9 heteroatoms. The number of ether oxygens (including phenoxy) is 2. The molecule has 0 radical (unpaired) electrons. The maximum absolute atomic E-state index is 14.4. The molecule has 3 saturated heterocycles. The zero-order valence-electron chi connectivity index (χ0n) is 28.3. The number of benzene rings is 1. The normalized spacial score (nSPS) is 36.3. The predicted octanol–water partition coefficient (Wildman–Crippen LogP) is 5.14. The lowest BCUT2D eigenvalue weighted by atomic mass is 9.73. The zero-order chi connectivity index (χ0) is 32.3. The van der Waals surface area contributed by atoms with E-state index < -0.39 is 11.8 Å². The van der Waals surface area contributed by atoms with E-state index >= 15 is 0 Å². The lowest BCUT2D eigenvalue weighted by molar-refractivity contribution is -0.157. The van der Waals surface area contributed by atoms with Gasteiger partial charge in [-0.05, 0) is 121 Å². The molecule has 6 bridgehead atoms. The number of aryl methyl sites for hydroxylation is 1. The number of esters is 2. The monoisotopic (exact) mass is 644 g/mol. The molecule has 4 heterocycles. The maximum Gasteiger partial charge on any atom is 0.311 e. The Morgan fingerprint density at radius 1 is 0.872 bits per heavy atom. The predicted molar refractivity (Wildman–Crippen MR) is 179 cm³/mol. The second kappa shape index (κ2) is 12.6. The molecule has 47 heavy (non-hydrogen) atoms. The van der Waals surface area contributed by atoms with Crippen LogP contribution >= 0.6 is 0 Å². The van der Waals surface area contributed by atoms with Gasteiger partial charge in [-0.2, -0.15) is 0 Å². The largest absolute Gasteiger partial charge is 0.466 e. The molecule has 7 aliphatic rings. The lowest BCUT2D eigenvalue weighted by Crippen LogP contribution is -2.63. The highest BCUT2D eigenvalue weighted by Crippen LogP contribution is 2.65. The molecule has 9 rings (SSSR count). The van der Waals surface area contributed by atoms with Gasteiger partial charge in [0.15, 0.2) is 0 Å². The Morgan fingerprint density at radius 3 is 2.15 bits per heavy atom. The standard InChI is InChI=1S/C38H52N4O5/c1-3-46-36(44)30-22-40(23-31(30)37(45)47-4-2)14-8-12-33-35(43)41(34-13-6-5-11-32(34)39-33)29-18-27-9-7-10-28(19-29)42(27)38-20-24-15-25(21-38)17-26(38)16-24/h5-6,11,13,24-31H,3-4,7-10,12,14-23H2,1-2H3/t24?,25?,26?,27-,28+,29?,30-,31-,38?/m1/s1. The van der Waals surface area contributed by atoms with E-state index in [1.807, 2.05) is 18.2 Å². The van der Waals surface area contributed by atoms with Crippen LogP contribution in [0.1, 0.15) is 96.2 Å². The van der Waals surface area contributed by atoms with Crippen molar-refractivity contribution in [2.24, 2.45) is 29.6 Å². The number of nitrogens with zero attached hydrogens (tertiary/aromatic N) is 4. The first kappa shape index (κ1) is 31.5. The van der Waals surface area contributed by atoms with Crippen LogP contribution in [0.15, 0.2) is 29.1 Å². The van der Waals surface area contributed by atoms with Gasteiger partial charge in [0.1, 0.15) is 5.69 Å². The fraction of sp³-hybridized carbons (Fsp3) is 0.737. The topological polar surface area (TPSA) is 94.0 Å². The number of hydrogen-bond acceptors (Lipinski definition) is 8. The van der Waals surface area contributed by atoms with Crippen LogP contribution in [0, 0.1) is 29.6 Å². The zero-order valence-corrected chi connectivity index (χ0v) is 28.3. The highest BCUT2D eigenvalue weighted by Gasteiger charge is 2.63. The first-order valence-electron chi connectivity index (χ1n) is 18.7. The number of likely N-dealkylation sites (tertiary alicyclic amines) is 1. The molecule has 254 valence electrons. The minimum absolute atomic E-state index is 0.0643. The third kappa shape index (κ3) is 5.44. The van der Waals surface area contributed by atoms with Gasteiger partial charge in [-0.25, -0.2) is 4.98 Å². The number of aromatic nitrogens is 2. The van der Waals surface area contributed by atoms with Crippen molar-refractivity contribution < 1.29 is 19.1 Å². The number of piperidine rings is 2. The summed E-state index contributed by atoms with van der Waals surface area (Å²) in [5.74, 6) is 1.08. The molecule has 3 aliphatic heterocycles. The number of carbonyl (C=O) groups excluding carboxylic acids is 2. The molecule has 7 atom stereocenters. The van der Waals surface area contributed by atoms with Crippen LogP contribution in [-0.2, 0) is 25.5 Å². The van der Waals surface area contributed by atoms with E-state index in [0.29, 0.717) is 49.4 Å². The maximum atomic E-state index is 14.4. The number of para-hydroxylation sites is 2. The van der Waals surface area contributed by atoms with Crippen LogP contribution in [0.2, 0.25) is 0 Å². The number of carbonyl (C=O) groups is 2. The Balaban J connectivity index is 1.00. The Labute approximate surface area is 278 Å². The quantitative estimate of drug-likeness (QED) is 0.329. The molecule has 4 aliphatic carbocycles. The fourth-order valence-electron chi connectivity index (χ4n) is 11.7. The van der Waals surface area contributed by atoms with E-state index in [9.17, 15) is 14.4 Å². The Hall–Kier alpha value is -2.78. The van der Waals surface area contributed by atoms with Gasteiger partial charge in [-0.15, -0.1) is 0 Å². The molecule has 9 nitrogen and oxygen atoms in total. The third-order valence-electron chi connectivity index (χ3n) is 13.1. The summed E-state index contributed by atoms with van der Waals surface area (Å²) in [5, 5.41) is 0.